The molecule has 2 amide bonds. The van der Waals surface area contributed by atoms with E-state index in [0.29, 0.717) is 29.1 Å². The van der Waals surface area contributed by atoms with Gasteiger partial charge < -0.3 is 20.1 Å². The fourth-order valence-electron chi connectivity index (χ4n) is 5.21. The molecule has 0 bridgehead atoms. The molecular weight excluding hydrogens is 544 g/mol. The zero-order valence-electron chi connectivity index (χ0n) is 24.4. The third kappa shape index (κ3) is 6.89. The third-order valence-corrected chi connectivity index (χ3v) is 7.23. The van der Waals surface area contributed by atoms with Crippen LogP contribution >= 0.6 is 0 Å². The number of alkyl carbamates (subject to hydrolysis) is 1. The van der Waals surface area contributed by atoms with E-state index in [4.69, 9.17) is 9.47 Å². The number of rotatable bonds is 10. The number of fused-ring (bicyclic) bond motifs is 3. The van der Waals surface area contributed by atoms with Crippen LogP contribution < -0.4 is 10.6 Å². The summed E-state index contributed by atoms with van der Waals surface area (Å²) in [5.41, 5.74) is 6.50. The lowest BCUT2D eigenvalue weighted by atomic mass is 9.98. The smallest absolute Gasteiger partial charge is 0.407 e. The number of hydrogen-bond donors (Lipinski definition) is 2. The molecule has 1 aliphatic rings. The lowest BCUT2D eigenvalue weighted by Crippen LogP contribution is -2.45. The van der Waals surface area contributed by atoms with Crippen LogP contribution in [0.4, 0.5) is 10.5 Å². The summed E-state index contributed by atoms with van der Waals surface area (Å²) in [4.78, 5) is 46.7. The van der Waals surface area contributed by atoms with E-state index < -0.39 is 18.1 Å². The molecular formula is C34H34N4O5. The topological polar surface area (TPSA) is 120 Å². The van der Waals surface area contributed by atoms with Gasteiger partial charge in [-0.05, 0) is 65.8 Å². The monoisotopic (exact) mass is 578 g/mol. The van der Waals surface area contributed by atoms with E-state index in [2.05, 4.69) is 44.9 Å². The molecule has 1 aliphatic carbocycles. The third-order valence-electron chi connectivity index (χ3n) is 7.23. The van der Waals surface area contributed by atoms with Gasteiger partial charge in [0.2, 0.25) is 5.91 Å². The molecule has 9 heteroatoms. The normalized spacial score (nSPS) is 12.7. The predicted molar refractivity (Wildman–Crippen MR) is 164 cm³/mol. The Labute approximate surface area is 250 Å². The van der Waals surface area contributed by atoms with E-state index >= 15 is 0 Å². The Morgan fingerprint density at radius 1 is 0.814 bits per heavy atom. The van der Waals surface area contributed by atoms with Crippen LogP contribution in [0.2, 0.25) is 0 Å². The fraction of sp³-hybridized carbons (Fsp3) is 0.265. The predicted octanol–water partition coefficient (Wildman–Crippen LogP) is 6.21. The molecule has 2 aromatic heterocycles. The van der Waals surface area contributed by atoms with Gasteiger partial charge in [0, 0.05) is 12.1 Å². The van der Waals surface area contributed by atoms with Crippen molar-refractivity contribution < 1.29 is 23.9 Å². The summed E-state index contributed by atoms with van der Waals surface area (Å²) in [7, 11) is 0. The van der Waals surface area contributed by atoms with Crippen LogP contribution in [-0.2, 0) is 14.3 Å². The zero-order chi connectivity index (χ0) is 30.3. The van der Waals surface area contributed by atoms with Crippen molar-refractivity contribution in [2.75, 3.05) is 18.5 Å². The van der Waals surface area contributed by atoms with Crippen molar-refractivity contribution >= 4 is 23.7 Å². The number of nitrogens with zero attached hydrogens (tertiary/aromatic N) is 2. The van der Waals surface area contributed by atoms with E-state index in [1.807, 2.05) is 38.1 Å². The Morgan fingerprint density at radius 2 is 1.44 bits per heavy atom. The van der Waals surface area contributed by atoms with Gasteiger partial charge in [-0.15, -0.1) is 0 Å². The van der Waals surface area contributed by atoms with Crippen molar-refractivity contribution in [2.45, 2.75) is 39.2 Å². The SMILES string of the molecule is CCOC(=O)c1ccc(-c2ccc(NC(=O)[C@H](CC(C)C)NC(=O)OCC3c4ccccc4-c4ccccc43)cn2)nc1. The molecule has 0 aliphatic heterocycles. The number of anilines is 1. The highest BCUT2D eigenvalue weighted by atomic mass is 16.5. The molecule has 4 aromatic rings. The molecule has 0 radical (unpaired) electrons. The average molecular weight is 579 g/mol. The molecule has 220 valence electrons. The summed E-state index contributed by atoms with van der Waals surface area (Å²) < 4.78 is 10.7. The minimum Gasteiger partial charge on any atom is -0.462 e. The molecule has 2 heterocycles. The number of nitrogens with one attached hydrogen (secondary N) is 2. The first-order valence-electron chi connectivity index (χ1n) is 14.4. The minimum atomic E-state index is -0.799. The average Bonchev–Trinajstić information content (AvgIpc) is 3.33. The van der Waals surface area contributed by atoms with Gasteiger partial charge >= 0.3 is 12.1 Å². The van der Waals surface area contributed by atoms with E-state index in [1.54, 1.807) is 31.2 Å². The summed E-state index contributed by atoms with van der Waals surface area (Å²) in [5.74, 6) is -0.728. The van der Waals surface area contributed by atoms with Gasteiger partial charge in [0.15, 0.2) is 0 Å². The number of carbonyl (C=O) groups is 3. The number of hydrogen-bond acceptors (Lipinski definition) is 7. The lowest BCUT2D eigenvalue weighted by Gasteiger charge is -2.21. The van der Waals surface area contributed by atoms with Gasteiger partial charge in [0.1, 0.15) is 12.6 Å². The molecule has 0 fully saturated rings. The summed E-state index contributed by atoms with van der Waals surface area (Å²) >= 11 is 0. The lowest BCUT2D eigenvalue weighted by molar-refractivity contribution is -0.118. The quantitative estimate of drug-likeness (QED) is 0.215. The van der Waals surface area contributed by atoms with Crippen LogP contribution in [0.15, 0.2) is 85.2 Å². The molecule has 1 atom stereocenters. The first-order chi connectivity index (χ1) is 20.8. The van der Waals surface area contributed by atoms with Crippen LogP contribution in [0.25, 0.3) is 22.5 Å². The number of aromatic nitrogens is 2. The van der Waals surface area contributed by atoms with Crippen molar-refractivity contribution in [1.82, 2.24) is 15.3 Å². The standard InChI is InChI=1S/C34H34N4O5/c1-4-42-33(40)22-13-15-29(35-18-22)30-16-14-23(19-36-30)37-32(39)31(17-21(2)3)38-34(41)43-20-28-26-11-7-5-9-24(26)25-10-6-8-12-27(25)28/h5-16,18-19,21,28,31H,4,17,20H2,1-3H3,(H,37,39)(H,38,41)/t31-/m0/s1. The van der Waals surface area contributed by atoms with Crippen LogP contribution in [-0.4, -0.2) is 47.2 Å². The van der Waals surface area contributed by atoms with Gasteiger partial charge in [-0.1, -0.05) is 62.4 Å². The number of carbonyl (C=O) groups excluding carboxylic acids is 3. The Morgan fingerprint density at radius 3 is 2.00 bits per heavy atom. The Kier molecular flexibility index (Phi) is 9.10. The maximum atomic E-state index is 13.2. The van der Waals surface area contributed by atoms with Crippen molar-refractivity contribution in [3.8, 4) is 22.5 Å². The minimum absolute atomic E-state index is 0.0732. The van der Waals surface area contributed by atoms with Crippen LogP contribution in [0.5, 0.6) is 0 Å². The van der Waals surface area contributed by atoms with Gasteiger partial charge in [0.25, 0.3) is 0 Å². The van der Waals surface area contributed by atoms with Gasteiger partial charge in [-0.25, -0.2) is 9.59 Å². The molecule has 0 saturated carbocycles. The molecule has 43 heavy (non-hydrogen) atoms. The Balaban J connectivity index is 1.20. The molecule has 0 saturated heterocycles. The van der Waals surface area contributed by atoms with Crippen LogP contribution in [0, 0.1) is 5.92 Å². The molecule has 2 N–H and O–H groups in total. The summed E-state index contributed by atoms with van der Waals surface area (Å²) in [6, 6.07) is 22.2. The van der Waals surface area contributed by atoms with E-state index in [-0.39, 0.29) is 31.0 Å². The van der Waals surface area contributed by atoms with E-state index in [9.17, 15) is 14.4 Å². The van der Waals surface area contributed by atoms with Crippen LogP contribution in [0.1, 0.15) is 54.6 Å². The summed E-state index contributed by atoms with van der Waals surface area (Å²) in [5, 5.41) is 5.60. The maximum Gasteiger partial charge on any atom is 0.407 e. The highest BCUT2D eigenvalue weighted by Crippen LogP contribution is 2.44. The molecule has 2 aromatic carbocycles. The van der Waals surface area contributed by atoms with Crippen LogP contribution in [0.3, 0.4) is 0 Å². The highest BCUT2D eigenvalue weighted by molar-refractivity contribution is 5.96. The number of amides is 2. The molecule has 0 unspecified atom stereocenters. The summed E-state index contributed by atoms with van der Waals surface area (Å²) in [6.07, 6.45) is 2.75. The second-order valence-electron chi connectivity index (χ2n) is 10.7. The number of esters is 1. The number of ether oxygens (including phenoxy) is 2. The first kappa shape index (κ1) is 29.4. The van der Waals surface area contributed by atoms with E-state index in [1.165, 1.54) is 12.4 Å². The second-order valence-corrected chi connectivity index (χ2v) is 10.7. The molecule has 9 nitrogen and oxygen atoms in total. The van der Waals surface area contributed by atoms with Crippen molar-refractivity contribution in [3.05, 3.63) is 102 Å². The molecule has 0 spiro atoms. The highest BCUT2D eigenvalue weighted by Gasteiger charge is 2.30. The Bertz CT molecular complexity index is 1560. The maximum absolute atomic E-state index is 13.2. The fourth-order valence-corrected chi connectivity index (χ4v) is 5.21. The van der Waals surface area contributed by atoms with Crippen molar-refractivity contribution in [2.24, 2.45) is 5.92 Å². The first-order valence-corrected chi connectivity index (χ1v) is 14.4. The zero-order valence-corrected chi connectivity index (χ0v) is 24.4. The van der Waals surface area contributed by atoms with E-state index in [0.717, 1.165) is 22.3 Å². The second kappa shape index (κ2) is 13.3. The van der Waals surface area contributed by atoms with Gasteiger partial charge in [-0.2, -0.15) is 0 Å². The van der Waals surface area contributed by atoms with Gasteiger partial charge in [-0.3, -0.25) is 14.8 Å². The van der Waals surface area contributed by atoms with Crippen molar-refractivity contribution in [3.63, 3.8) is 0 Å². The number of pyridine rings is 2. The van der Waals surface area contributed by atoms with Crippen molar-refractivity contribution in [1.29, 1.82) is 0 Å². The number of benzene rings is 2. The molecule has 5 rings (SSSR count). The Hall–Kier alpha value is -5.05. The summed E-state index contributed by atoms with van der Waals surface area (Å²) in [6.45, 7) is 6.16. The largest absolute Gasteiger partial charge is 0.462 e. The van der Waals surface area contributed by atoms with Gasteiger partial charge in [0.05, 0.1) is 35.4 Å².